The number of likely N-dealkylation sites (tertiary alicyclic amines) is 1. The molecule has 3 rings (SSSR count). The summed E-state index contributed by atoms with van der Waals surface area (Å²) in [6.45, 7) is 1.94. The van der Waals surface area contributed by atoms with E-state index in [4.69, 9.17) is 5.26 Å². The quantitative estimate of drug-likeness (QED) is 0.682. The zero-order chi connectivity index (χ0) is 18.4. The first-order valence-electron chi connectivity index (χ1n) is 9.29. The molecule has 1 aliphatic carbocycles. The molecule has 1 amide bonds. The lowest BCUT2D eigenvalue weighted by Crippen LogP contribution is -2.44. The van der Waals surface area contributed by atoms with Gasteiger partial charge < -0.3 is 15.5 Å². The van der Waals surface area contributed by atoms with Crippen molar-refractivity contribution in [1.29, 1.82) is 5.26 Å². The molecule has 2 N–H and O–H groups in total. The van der Waals surface area contributed by atoms with Crippen molar-refractivity contribution in [2.75, 3.05) is 25.0 Å². The number of halogens is 2. The van der Waals surface area contributed by atoms with E-state index in [1.54, 1.807) is 17.3 Å². The summed E-state index contributed by atoms with van der Waals surface area (Å²) in [4.78, 5) is 22.5. The van der Waals surface area contributed by atoms with Crippen molar-refractivity contribution in [3.05, 3.63) is 16.9 Å². The number of aromatic nitrogens is 2. The Morgan fingerprint density at radius 1 is 1.26 bits per heavy atom. The van der Waals surface area contributed by atoms with Gasteiger partial charge in [0.05, 0.1) is 17.1 Å². The molecule has 1 saturated heterocycles. The summed E-state index contributed by atoms with van der Waals surface area (Å²) in [7, 11) is 0. The van der Waals surface area contributed by atoms with E-state index in [-0.39, 0.29) is 24.4 Å². The van der Waals surface area contributed by atoms with E-state index in [2.05, 4.69) is 42.6 Å². The Bertz CT molecular complexity index is 644. The summed E-state index contributed by atoms with van der Waals surface area (Å²) in [6.07, 6.45) is 9.62. The minimum Gasteiger partial charge on any atom is -0.354 e. The van der Waals surface area contributed by atoms with Crippen molar-refractivity contribution in [3.8, 4) is 6.07 Å². The van der Waals surface area contributed by atoms with Gasteiger partial charge in [0.25, 0.3) is 0 Å². The Kier molecular flexibility index (Phi) is 8.74. The molecule has 7 nitrogen and oxygen atoms in total. The third kappa shape index (κ3) is 6.30. The summed E-state index contributed by atoms with van der Waals surface area (Å²) >= 11 is 3.33. The van der Waals surface area contributed by atoms with E-state index in [0.29, 0.717) is 24.5 Å². The zero-order valence-corrected chi connectivity index (χ0v) is 17.6. The van der Waals surface area contributed by atoms with Crippen LogP contribution in [0.3, 0.4) is 0 Å². The van der Waals surface area contributed by atoms with Gasteiger partial charge in [0, 0.05) is 31.5 Å². The highest BCUT2D eigenvalue weighted by Gasteiger charge is 2.29. The number of rotatable bonds is 6. The van der Waals surface area contributed by atoms with E-state index in [1.807, 2.05) is 0 Å². The fraction of sp³-hybridized carbons (Fsp3) is 0.667. The minimum absolute atomic E-state index is 0. The maximum atomic E-state index is 12.3. The van der Waals surface area contributed by atoms with Crippen LogP contribution in [0.5, 0.6) is 0 Å². The van der Waals surface area contributed by atoms with Crippen LogP contribution in [-0.2, 0) is 4.79 Å². The van der Waals surface area contributed by atoms with Crippen LogP contribution >= 0.6 is 28.3 Å². The van der Waals surface area contributed by atoms with Crippen LogP contribution in [0.25, 0.3) is 0 Å². The van der Waals surface area contributed by atoms with Crippen molar-refractivity contribution in [2.45, 2.75) is 50.6 Å². The molecule has 2 heterocycles. The molecule has 1 aromatic rings. The second-order valence-electron chi connectivity index (χ2n) is 7.08. The van der Waals surface area contributed by atoms with Gasteiger partial charge in [-0.15, -0.1) is 12.4 Å². The Balaban J connectivity index is 0.00000261. The first-order valence-corrected chi connectivity index (χ1v) is 10.1. The predicted octanol–water partition coefficient (Wildman–Crippen LogP) is 2.74. The third-order valence-electron chi connectivity index (χ3n) is 5.28. The van der Waals surface area contributed by atoms with Gasteiger partial charge in [0.15, 0.2) is 0 Å². The smallest absolute Gasteiger partial charge is 0.237 e. The second kappa shape index (κ2) is 10.8. The highest BCUT2D eigenvalue weighted by molar-refractivity contribution is 9.10. The maximum Gasteiger partial charge on any atom is 0.237 e. The van der Waals surface area contributed by atoms with Crippen molar-refractivity contribution in [3.63, 3.8) is 0 Å². The molecule has 0 bridgehead atoms. The van der Waals surface area contributed by atoms with E-state index in [9.17, 15) is 4.79 Å². The molecule has 0 unspecified atom stereocenters. The number of amides is 1. The molecule has 1 atom stereocenters. The zero-order valence-electron chi connectivity index (χ0n) is 15.2. The Morgan fingerprint density at radius 3 is 2.63 bits per heavy atom. The fourth-order valence-electron chi connectivity index (χ4n) is 3.74. The topological polar surface area (TPSA) is 93.9 Å². The van der Waals surface area contributed by atoms with Crippen LogP contribution in [0.4, 0.5) is 5.95 Å². The normalized spacial score (nSPS) is 24.7. The number of nitriles is 1. The van der Waals surface area contributed by atoms with Crippen LogP contribution in [0, 0.1) is 17.2 Å². The lowest BCUT2D eigenvalue weighted by Gasteiger charge is -2.30. The third-order valence-corrected chi connectivity index (χ3v) is 5.69. The van der Waals surface area contributed by atoms with Gasteiger partial charge in [-0.3, -0.25) is 4.79 Å². The summed E-state index contributed by atoms with van der Waals surface area (Å²) in [5.41, 5.74) is 0. The van der Waals surface area contributed by atoms with Gasteiger partial charge in [-0.1, -0.05) is 0 Å². The molecule has 2 aliphatic rings. The van der Waals surface area contributed by atoms with Gasteiger partial charge in [0.1, 0.15) is 6.04 Å². The van der Waals surface area contributed by atoms with E-state index < -0.39 is 0 Å². The molecule has 2 fully saturated rings. The van der Waals surface area contributed by atoms with Gasteiger partial charge in [-0.2, -0.15) is 5.26 Å². The van der Waals surface area contributed by atoms with E-state index in [0.717, 1.165) is 56.1 Å². The summed E-state index contributed by atoms with van der Waals surface area (Å²) in [5, 5.41) is 15.8. The number of hydrogen-bond donors (Lipinski definition) is 2. The average molecular weight is 458 g/mol. The SMILES string of the molecule is Cl.N#C[C@@H]1CCCN1C(=O)CNC1CCC(CNc2ncc(Br)cn2)CC1. The number of anilines is 1. The van der Waals surface area contributed by atoms with Crippen molar-refractivity contribution < 1.29 is 4.79 Å². The van der Waals surface area contributed by atoms with Crippen LogP contribution in [0.2, 0.25) is 0 Å². The van der Waals surface area contributed by atoms with Gasteiger partial charge in [-0.05, 0) is 60.4 Å². The van der Waals surface area contributed by atoms with Crippen LogP contribution in [-0.4, -0.2) is 52.5 Å². The first kappa shape index (κ1) is 21.9. The highest BCUT2D eigenvalue weighted by Crippen LogP contribution is 2.24. The van der Waals surface area contributed by atoms with Crippen molar-refractivity contribution >= 4 is 40.2 Å². The Labute approximate surface area is 174 Å². The number of nitrogens with one attached hydrogen (secondary N) is 2. The molecule has 1 saturated carbocycles. The van der Waals surface area contributed by atoms with Crippen LogP contribution in [0.1, 0.15) is 38.5 Å². The molecule has 148 valence electrons. The number of carbonyl (C=O) groups excluding carboxylic acids is 1. The van der Waals surface area contributed by atoms with E-state index >= 15 is 0 Å². The Morgan fingerprint density at radius 2 is 1.96 bits per heavy atom. The largest absolute Gasteiger partial charge is 0.354 e. The monoisotopic (exact) mass is 456 g/mol. The highest BCUT2D eigenvalue weighted by atomic mass is 79.9. The first-order chi connectivity index (χ1) is 12.7. The van der Waals surface area contributed by atoms with Crippen molar-refractivity contribution in [2.24, 2.45) is 5.92 Å². The predicted molar refractivity (Wildman–Crippen MR) is 110 cm³/mol. The molecule has 9 heteroatoms. The summed E-state index contributed by atoms with van der Waals surface area (Å²) in [6, 6.07) is 2.39. The van der Waals surface area contributed by atoms with Gasteiger partial charge in [-0.25, -0.2) is 9.97 Å². The van der Waals surface area contributed by atoms with E-state index in [1.165, 1.54) is 0 Å². The molecular formula is C18H26BrClN6O. The average Bonchev–Trinajstić information content (AvgIpc) is 3.15. The van der Waals surface area contributed by atoms with Gasteiger partial charge >= 0.3 is 0 Å². The fourth-order valence-corrected chi connectivity index (χ4v) is 3.95. The number of carbonyl (C=O) groups is 1. The van der Waals surface area contributed by atoms with Crippen molar-refractivity contribution in [1.82, 2.24) is 20.2 Å². The van der Waals surface area contributed by atoms with Crippen LogP contribution < -0.4 is 10.6 Å². The minimum atomic E-state index is -0.230. The molecule has 1 aliphatic heterocycles. The molecule has 27 heavy (non-hydrogen) atoms. The standard InChI is InChI=1S/C18H25BrN6O.ClH/c19-14-10-23-18(24-11-14)22-9-13-3-5-15(6-4-13)21-12-17(26)25-7-1-2-16(25)8-20;/h10-11,13,15-16,21H,1-7,9,12H2,(H,22,23,24);1H/t13?,15?,16-;/m0./s1. The van der Waals surface area contributed by atoms with Crippen LogP contribution in [0.15, 0.2) is 16.9 Å². The second-order valence-corrected chi connectivity index (χ2v) is 7.99. The maximum absolute atomic E-state index is 12.3. The summed E-state index contributed by atoms with van der Waals surface area (Å²) in [5.74, 6) is 1.33. The Hall–Kier alpha value is -1.43. The lowest BCUT2D eigenvalue weighted by atomic mass is 9.86. The number of nitrogens with zero attached hydrogens (tertiary/aromatic N) is 4. The molecule has 0 spiro atoms. The lowest BCUT2D eigenvalue weighted by molar-refractivity contribution is -0.130. The molecule has 1 aromatic heterocycles. The summed E-state index contributed by atoms with van der Waals surface area (Å²) < 4.78 is 0.874. The molecule has 0 radical (unpaired) electrons. The molecular weight excluding hydrogens is 432 g/mol. The van der Waals surface area contributed by atoms with Gasteiger partial charge in [0.2, 0.25) is 11.9 Å². The number of hydrogen-bond acceptors (Lipinski definition) is 6. The molecule has 0 aromatic carbocycles.